The highest BCUT2D eigenvalue weighted by Crippen LogP contribution is 2.25. The van der Waals surface area contributed by atoms with Crippen LogP contribution in [0.15, 0.2) is 12.1 Å². The van der Waals surface area contributed by atoms with Crippen molar-refractivity contribution in [2.75, 3.05) is 0 Å². The van der Waals surface area contributed by atoms with E-state index < -0.39 is 12.6 Å². The fourth-order valence-corrected chi connectivity index (χ4v) is 1.43. The Morgan fingerprint density at radius 1 is 0.929 bits per heavy atom. The molecule has 0 spiro atoms. The van der Waals surface area contributed by atoms with Crippen molar-refractivity contribution >= 4 is 0 Å². The summed E-state index contributed by atoms with van der Waals surface area (Å²) in [6, 6.07) is 3.43. The smallest absolute Gasteiger partial charge is 0.171 e. The molecule has 0 saturated carbocycles. The van der Waals surface area contributed by atoms with E-state index in [1.165, 1.54) is 0 Å². The van der Waals surface area contributed by atoms with E-state index in [0.29, 0.717) is 11.1 Å². The number of alkyl halides is 3. The van der Waals surface area contributed by atoms with Crippen molar-refractivity contribution < 1.29 is 13.2 Å². The third-order valence-corrected chi connectivity index (χ3v) is 2.34. The molecule has 1 rings (SSSR count). The zero-order chi connectivity index (χ0) is 10.9. The van der Waals surface area contributed by atoms with Crippen LogP contribution in [0.5, 0.6) is 0 Å². The molecule has 0 aliphatic rings. The summed E-state index contributed by atoms with van der Waals surface area (Å²) in [5.41, 5.74) is 3.04. The van der Waals surface area contributed by atoms with Crippen LogP contribution in [-0.4, -0.2) is 6.18 Å². The first kappa shape index (κ1) is 11.1. The van der Waals surface area contributed by atoms with E-state index in [0.717, 1.165) is 11.1 Å². The van der Waals surface area contributed by atoms with Crippen molar-refractivity contribution in [3.63, 3.8) is 0 Å². The molecule has 0 aromatic heterocycles. The number of benzene rings is 1. The Hall–Kier alpha value is -0.990. The maximum Gasteiger partial charge on any atom is 0.393 e. The lowest BCUT2D eigenvalue weighted by Gasteiger charge is -2.11. The van der Waals surface area contributed by atoms with Gasteiger partial charge in [-0.2, -0.15) is 13.2 Å². The van der Waals surface area contributed by atoms with Gasteiger partial charge in [-0.3, -0.25) is 0 Å². The summed E-state index contributed by atoms with van der Waals surface area (Å²) in [6.07, 6.45) is -4.95. The maximum absolute atomic E-state index is 12.2. The Labute approximate surface area is 81.8 Å². The molecule has 3 heteroatoms. The minimum absolute atomic E-state index is 0.376. The highest BCUT2D eigenvalue weighted by molar-refractivity contribution is 5.36. The standard InChI is InChI=1S/C11H13F3/c1-7-4-9(3)10(5-8(7)2)6-11(12,13)14/h4-5H,6H2,1-3H3. The second kappa shape index (κ2) is 3.64. The second-order valence-corrected chi connectivity index (χ2v) is 3.65. The van der Waals surface area contributed by atoms with Crippen LogP contribution in [0.25, 0.3) is 0 Å². The average Bonchev–Trinajstić information content (AvgIpc) is 1.97. The van der Waals surface area contributed by atoms with E-state index in [9.17, 15) is 13.2 Å². The van der Waals surface area contributed by atoms with Gasteiger partial charge in [-0.1, -0.05) is 12.1 Å². The van der Waals surface area contributed by atoms with Gasteiger partial charge in [-0.05, 0) is 43.0 Å². The largest absolute Gasteiger partial charge is 0.393 e. The topological polar surface area (TPSA) is 0 Å². The molecule has 1 aromatic carbocycles. The van der Waals surface area contributed by atoms with E-state index >= 15 is 0 Å². The predicted molar refractivity (Wildman–Crippen MR) is 50.4 cm³/mol. The Bertz CT molecular complexity index is 337. The molecule has 0 amide bonds. The average molecular weight is 202 g/mol. The molecule has 0 unspecified atom stereocenters. The van der Waals surface area contributed by atoms with Gasteiger partial charge in [-0.25, -0.2) is 0 Å². The SMILES string of the molecule is Cc1cc(C)c(CC(F)(F)F)cc1C. The molecule has 0 fully saturated rings. The van der Waals surface area contributed by atoms with Crippen LogP contribution >= 0.6 is 0 Å². The third kappa shape index (κ3) is 2.76. The van der Waals surface area contributed by atoms with Gasteiger partial charge in [0.1, 0.15) is 0 Å². The van der Waals surface area contributed by atoms with Gasteiger partial charge in [-0.15, -0.1) is 0 Å². The molecular weight excluding hydrogens is 189 g/mol. The Kier molecular flexibility index (Phi) is 2.88. The summed E-state index contributed by atoms with van der Waals surface area (Å²) < 4.78 is 36.5. The van der Waals surface area contributed by atoms with E-state index in [4.69, 9.17) is 0 Å². The maximum atomic E-state index is 12.2. The zero-order valence-electron chi connectivity index (χ0n) is 8.50. The van der Waals surface area contributed by atoms with E-state index in [2.05, 4.69) is 0 Å². The first-order chi connectivity index (χ1) is 6.29. The van der Waals surface area contributed by atoms with Gasteiger partial charge >= 0.3 is 6.18 Å². The molecule has 0 aliphatic carbocycles. The van der Waals surface area contributed by atoms with Crippen LogP contribution in [-0.2, 0) is 6.42 Å². The van der Waals surface area contributed by atoms with Crippen molar-refractivity contribution in [2.24, 2.45) is 0 Å². The molecule has 0 saturated heterocycles. The molecule has 0 radical (unpaired) electrons. The van der Waals surface area contributed by atoms with Crippen molar-refractivity contribution in [3.8, 4) is 0 Å². The fraction of sp³-hybridized carbons (Fsp3) is 0.455. The molecule has 0 nitrogen and oxygen atoms in total. The first-order valence-corrected chi connectivity index (χ1v) is 4.43. The summed E-state index contributed by atoms with van der Waals surface area (Å²) in [4.78, 5) is 0. The fourth-order valence-electron chi connectivity index (χ4n) is 1.43. The van der Waals surface area contributed by atoms with Gasteiger partial charge in [0.15, 0.2) is 0 Å². The lowest BCUT2D eigenvalue weighted by molar-refractivity contribution is -0.127. The van der Waals surface area contributed by atoms with Crippen LogP contribution in [0.2, 0.25) is 0 Å². The van der Waals surface area contributed by atoms with Crippen LogP contribution in [0, 0.1) is 20.8 Å². The normalized spacial score (nSPS) is 11.9. The van der Waals surface area contributed by atoms with E-state index in [1.54, 1.807) is 19.1 Å². The Balaban J connectivity index is 3.04. The highest BCUT2D eigenvalue weighted by Gasteiger charge is 2.28. The molecule has 1 aromatic rings. The molecule has 0 N–H and O–H groups in total. The van der Waals surface area contributed by atoms with Crippen LogP contribution in [0.4, 0.5) is 13.2 Å². The summed E-state index contributed by atoms with van der Waals surface area (Å²) in [6.45, 7) is 5.45. The van der Waals surface area contributed by atoms with Gasteiger partial charge in [0.2, 0.25) is 0 Å². The summed E-state index contributed by atoms with van der Waals surface area (Å²) in [7, 11) is 0. The summed E-state index contributed by atoms with van der Waals surface area (Å²) in [5.74, 6) is 0. The summed E-state index contributed by atoms with van der Waals surface area (Å²) >= 11 is 0. The van der Waals surface area contributed by atoms with Crippen LogP contribution in [0.1, 0.15) is 22.3 Å². The molecule has 0 bridgehead atoms. The first-order valence-electron chi connectivity index (χ1n) is 4.43. The number of rotatable bonds is 1. The van der Waals surface area contributed by atoms with Gasteiger partial charge in [0.25, 0.3) is 0 Å². The lowest BCUT2D eigenvalue weighted by Crippen LogP contribution is -2.12. The molecule has 0 atom stereocenters. The van der Waals surface area contributed by atoms with Crippen LogP contribution in [0.3, 0.4) is 0 Å². The van der Waals surface area contributed by atoms with Gasteiger partial charge < -0.3 is 0 Å². The number of aryl methyl sites for hydroxylation is 3. The number of halogens is 3. The third-order valence-electron chi connectivity index (χ3n) is 2.34. The molecule has 0 heterocycles. The van der Waals surface area contributed by atoms with Gasteiger partial charge in [0, 0.05) is 0 Å². The second-order valence-electron chi connectivity index (χ2n) is 3.65. The van der Waals surface area contributed by atoms with E-state index in [1.807, 2.05) is 13.8 Å². The van der Waals surface area contributed by atoms with Crippen molar-refractivity contribution in [2.45, 2.75) is 33.4 Å². The quantitative estimate of drug-likeness (QED) is 0.651. The Morgan fingerprint density at radius 2 is 1.43 bits per heavy atom. The molecule has 14 heavy (non-hydrogen) atoms. The minimum Gasteiger partial charge on any atom is -0.171 e. The number of hydrogen-bond donors (Lipinski definition) is 0. The minimum atomic E-state index is -4.12. The van der Waals surface area contributed by atoms with Crippen molar-refractivity contribution in [1.82, 2.24) is 0 Å². The lowest BCUT2D eigenvalue weighted by atomic mass is 9.99. The van der Waals surface area contributed by atoms with Crippen LogP contribution < -0.4 is 0 Å². The molecular formula is C11H13F3. The number of hydrogen-bond acceptors (Lipinski definition) is 0. The predicted octanol–water partition coefficient (Wildman–Crippen LogP) is 3.72. The van der Waals surface area contributed by atoms with E-state index in [-0.39, 0.29) is 0 Å². The summed E-state index contributed by atoms with van der Waals surface area (Å²) in [5, 5.41) is 0. The zero-order valence-corrected chi connectivity index (χ0v) is 8.50. The van der Waals surface area contributed by atoms with Crippen molar-refractivity contribution in [3.05, 3.63) is 34.4 Å². The monoisotopic (exact) mass is 202 g/mol. The molecule has 78 valence electrons. The molecule has 0 aliphatic heterocycles. The van der Waals surface area contributed by atoms with Crippen molar-refractivity contribution in [1.29, 1.82) is 0 Å². The van der Waals surface area contributed by atoms with Gasteiger partial charge in [0.05, 0.1) is 6.42 Å². The highest BCUT2D eigenvalue weighted by atomic mass is 19.4. The Morgan fingerprint density at radius 3 is 1.93 bits per heavy atom.